The van der Waals surface area contributed by atoms with E-state index in [-0.39, 0.29) is 5.82 Å². The minimum Gasteiger partial charge on any atom is -0.550 e. The second-order valence-electron chi connectivity index (χ2n) is 6.09. The summed E-state index contributed by atoms with van der Waals surface area (Å²) in [6, 6.07) is 25.1. The van der Waals surface area contributed by atoms with Crippen molar-refractivity contribution in [3.63, 3.8) is 0 Å². The molecule has 0 bridgehead atoms. The van der Waals surface area contributed by atoms with E-state index in [0.717, 1.165) is 5.39 Å². The Morgan fingerprint density at radius 2 is 1.74 bits per heavy atom. The van der Waals surface area contributed by atoms with Crippen LogP contribution in [0.2, 0.25) is 0 Å². The lowest BCUT2D eigenvalue weighted by molar-refractivity contribution is 0.588. The molecule has 4 rings (SSSR count). The number of hydrogen-bond acceptors (Lipinski definition) is 3. The molecule has 0 radical (unpaired) electrons. The molecule has 0 aliphatic carbocycles. The molecule has 0 amide bonds. The number of nitrogens with zero attached hydrogens (tertiary/aromatic N) is 2. The van der Waals surface area contributed by atoms with Gasteiger partial charge in [-0.1, -0.05) is 48.5 Å². The number of pyridine rings is 1. The van der Waals surface area contributed by atoms with Crippen molar-refractivity contribution >= 4 is 28.7 Å². The Morgan fingerprint density at radius 3 is 2.59 bits per heavy atom. The maximum absolute atomic E-state index is 14.6. The molecule has 3 aromatic carbocycles. The first-order chi connectivity index (χ1) is 13.3. The van der Waals surface area contributed by atoms with Crippen molar-refractivity contribution in [2.24, 2.45) is 0 Å². The predicted molar refractivity (Wildman–Crippen MR) is 105 cm³/mol. The van der Waals surface area contributed by atoms with Crippen molar-refractivity contribution in [1.29, 1.82) is 5.26 Å². The van der Waals surface area contributed by atoms with Crippen molar-refractivity contribution in [3.05, 3.63) is 96.4 Å². The van der Waals surface area contributed by atoms with Gasteiger partial charge >= 0.3 is 6.92 Å². The van der Waals surface area contributed by atoms with Crippen LogP contribution in [0.25, 0.3) is 10.9 Å². The summed E-state index contributed by atoms with van der Waals surface area (Å²) in [5.74, 6) is 0.196. The van der Waals surface area contributed by atoms with Crippen LogP contribution in [0.15, 0.2) is 85.1 Å². The van der Waals surface area contributed by atoms with Crippen LogP contribution in [0.1, 0.15) is 5.56 Å². The van der Waals surface area contributed by atoms with E-state index in [1.54, 1.807) is 42.6 Å². The second-order valence-corrected chi connectivity index (χ2v) is 6.09. The van der Waals surface area contributed by atoms with E-state index < -0.39 is 6.92 Å². The van der Waals surface area contributed by atoms with E-state index in [9.17, 15) is 9.65 Å². The quantitative estimate of drug-likeness (QED) is 0.529. The fraction of sp³-hybridized carbons (Fsp3) is 0. The van der Waals surface area contributed by atoms with Crippen LogP contribution in [-0.4, -0.2) is 11.9 Å². The third-order valence-corrected chi connectivity index (χ3v) is 4.35. The number of benzene rings is 3. The lowest BCUT2D eigenvalue weighted by Crippen LogP contribution is -2.49. The van der Waals surface area contributed by atoms with E-state index in [1.807, 2.05) is 36.4 Å². The number of fused-ring (bicyclic) bond motifs is 1. The molecule has 5 heteroatoms. The van der Waals surface area contributed by atoms with Crippen molar-refractivity contribution in [3.8, 4) is 11.8 Å². The Bertz CT molecular complexity index is 1150. The van der Waals surface area contributed by atoms with Gasteiger partial charge in [-0.3, -0.25) is 4.98 Å². The van der Waals surface area contributed by atoms with Crippen molar-refractivity contribution < 1.29 is 9.04 Å². The minimum absolute atomic E-state index is 0.363. The van der Waals surface area contributed by atoms with Crippen LogP contribution in [0.4, 0.5) is 4.39 Å². The van der Waals surface area contributed by atoms with Gasteiger partial charge in [0.2, 0.25) is 0 Å². The first kappa shape index (κ1) is 16.8. The fourth-order valence-corrected chi connectivity index (χ4v) is 3.07. The Labute approximate surface area is 156 Å². The van der Waals surface area contributed by atoms with Crippen LogP contribution < -0.4 is 15.6 Å². The zero-order valence-corrected chi connectivity index (χ0v) is 14.3. The number of nitriles is 1. The highest BCUT2D eigenvalue weighted by molar-refractivity contribution is 6.80. The first-order valence-electron chi connectivity index (χ1n) is 8.51. The molecule has 0 saturated heterocycles. The minimum atomic E-state index is -0.702. The van der Waals surface area contributed by atoms with Crippen LogP contribution in [0, 0.1) is 17.1 Å². The average Bonchev–Trinajstić information content (AvgIpc) is 2.73. The zero-order chi connectivity index (χ0) is 18.6. The molecule has 128 valence electrons. The van der Waals surface area contributed by atoms with Gasteiger partial charge in [-0.05, 0) is 35.8 Å². The summed E-state index contributed by atoms with van der Waals surface area (Å²) in [4.78, 5) is 4.41. The SMILES string of the molecule is N#Cc1cccc(B(Oc2cccc3cccnc23)c2ccccc2F)c1. The summed E-state index contributed by atoms with van der Waals surface area (Å²) in [7, 11) is 0. The molecule has 0 unspecified atom stereocenters. The highest BCUT2D eigenvalue weighted by Crippen LogP contribution is 2.23. The van der Waals surface area contributed by atoms with Gasteiger partial charge in [-0.15, -0.1) is 0 Å². The molecule has 4 aromatic rings. The van der Waals surface area contributed by atoms with E-state index in [0.29, 0.717) is 27.8 Å². The van der Waals surface area contributed by atoms with E-state index in [1.165, 1.54) is 6.07 Å². The highest BCUT2D eigenvalue weighted by atomic mass is 19.1. The Balaban J connectivity index is 1.85. The number of hydrogen-bond donors (Lipinski definition) is 0. The lowest BCUT2D eigenvalue weighted by Gasteiger charge is -2.18. The summed E-state index contributed by atoms with van der Waals surface area (Å²) in [5, 5.41) is 10.2. The molecule has 3 nitrogen and oxygen atoms in total. The van der Waals surface area contributed by atoms with Crippen molar-refractivity contribution in [2.45, 2.75) is 0 Å². The topological polar surface area (TPSA) is 45.9 Å². The largest absolute Gasteiger partial charge is 0.550 e. The first-order valence-corrected chi connectivity index (χ1v) is 8.51. The predicted octanol–water partition coefficient (Wildman–Crippen LogP) is 3.43. The maximum atomic E-state index is 14.6. The molecule has 0 atom stereocenters. The molecule has 0 aliphatic heterocycles. The van der Waals surface area contributed by atoms with Crippen LogP contribution in [-0.2, 0) is 0 Å². The summed E-state index contributed by atoms with van der Waals surface area (Å²) in [6.07, 6.45) is 1.70. The van der Waals surface area contributed by atoms with Crippen LogP contribution >= 0.6 is 0 Å². The number of aromatic nitrogens is 1. The molecule has 0 N–H and O–H groups in total. The van der Waals surface area contributed by atoms with E-state index in [2.05, 4.69) is 11.1 Å². The van der Waals surface area contributed by atoms with Crippen molar-refractivity contribution in [2.75, 3.05) is 0 Å². The fourth-order valence-electron chi connectivity index (χ4n) is 3.07. The Kier molecular flexibility index (Phi) is 4.55. The molecule has 0 saturated carbocycles. The molecule has 1 aromatic heterocycles. The number of halogens is 1. The smallest absolute Gasteiger partial charge is 0.429 e. The summed E-state index contributed by atoms with van der Waals surface area (Å²) >= 11 is 0. The molecule has 0 spiro atoms. The summed E-state index contributed by atoms with van der Waals surface area (Å²) in [5.41, 5.74) is 2.30. The standard InChI is InChI=1S/C22H14BFN2O/c24-20-11-2-1-10-19(20)23(18-9-3-6-16(14-18)15-25)27-21-12-4-7-17-8-5-13-26-22(17)21/h1-14H. The third-order valence-electron chi connectivity index (χ3n) is 4.35. The highest BCUT2D eigenvalue weighted by Gasteiger charge is 2.27. The van der Waals surface area contributed by atoms with Crippen molar-refractivity contribution in [1.82, 2.24) is 4.98 Å². The summed E-state index contributed by atoms with van der Waals surface area (Å²) in [6.45, 7) is -0.702. The van der Waals surface area contributed by atoms with Crippen LogP contribution in [0.3, 0.4) is 0 Å². The van der Waals surface area contributed by atoms with Gasteiger partial charge in [-0.25, -0.2) is 4.39 Å². The van der Waals surface area contributed by atoms with Gasteiger partial charge < -0.3 is 4.65 Å². The molecule has 1 heterocycles. The molecule has 0 fully saturated rings. The van der Waals surface area contributed by atoms with Gasteiger partial charge in [0.15, 0.2) is 0 Å². The Morgan fingerprint density at radius 1 is 0.926 bits per heavy atom. The van der Waals surface area contributed by atoms with Crippen LogP contribution in [0.5, 0.6) is 5.75 Å². The molecular formula is C22H14BFN2O. The maximum Gasteiger partial charge on any atom is 0.429 e. The van der Waals surface area contributed by atoms with Gasteiger partial charge in [0.1, 0.15) is 17.1 Å². The zero-order valence-electron chi connectivity index (χ0n) is 14.3. The van der Waals surface area contributed by atoms with Gasteiger partial charge in [0.25, 0.3) is 0 Å². The monoisotopic (exact) mass is 352 g/mol. The normalized spacial score (nSPS) is 10.4. The van der Waals surface area contributed by atoms with E-state index in [4.69, 9.17) is 4.65 Å². The number of para-hydroxylation sites is 1. The average molecular weight is 352 g/mol. The van der Waals surface area contributed by atoms with E-state index >= 15 is 0 Å². The Hall–Kier alpha value is -3.65. The molecule has 0 aliphatic rings. The molecule has 27 heavy (non-hydrogen) atoms. The van der Waals surface area contributed by atoms with Gasteiger partial charge in [0.05, 0.1) is 11.6 Å². The third kappa shape index (κ3) is 3.38. The second kappa shape index (κ2) is 7.31. The molecular weight excluding hydrogens is 338 g/mol. The lowest BCUT2D eigenvalue weighted by atomic mass is 9.55. The summed E-state index contributed by atoms with van der Waals surface area (Å²) < 4.78 is 20.8. The van der Waals surface area contributed by atoms with Gasteiger partial charge in [-0.2, -0.15) is 5.26 Å². The van der Waals surface area contributed by atoms with Gasteiger partial charge in [0, 0.05) is 17.0 Å². The number of rotatable bonds is 4.